The topological polar surface area (TPSA) is 41.0 Å². The predicted octanol–water partition coefficient (Wildman–Crippen LogP) is 2.76. The molecule has 1 N–H and O–H groups in total. The second-order valence-electron chi connectivity index (χ2n) is 4.47. The lowest BCUT2D eigenvalue weighted by molar-refractivity contribution is 0.826. The number of hydrogen-bond acceptors (Lipinski definition) is 5. The van der Waals surface area contributed by atoms with Gasteiger partial charge in [0.25, 0.3) is 0 Å². The molecule has 1 aliphatic heterocycles. The third kappa shape index (κ3) is 2.38. The van der Waals surface area contributed by atoms with E-state index in [1.54, 1.807) is 11.8 Å². The van der Waals surface area contributed by atoms with Crippen molar-refractivity contribution in [2.45, 2.75) is 18.2 Å². The minimum absolute atomic E-state index is 0.804. The first-order valence-corrected chi connectivity index (χ1v) is 7.45. The molecule has 0 fully saturated rings. The number of anilines is 2. The van der Waals surface area contributed by atoms with Crippen LogP contribution in [0.4, 0.5) is 11.6 Å². The van der Waals surface area contributed by atoms with Crippen LogP contribution in [0.5, 0.6) is 0 Å². The molecule has 2 heterocycles. The van der Waals surface area contributed by atoms with E-state index in [0.29, 0.717) is 0 Å². The fraction of sp³-hybridized carbons (Fsp3) is 0.286. The van der Waals surface area contributed by atoms with Crippen molar-refractivity contribution >= 4 is 23.4 Å². The second kappa shape index (κ2) is 5.09. The van der Waals surface area contributed by atoms with E-state index in [4.69, 9.17) is 0 Å². The summed E-state index contributed by atoms with van der Waals surface area (Å²) in [5, 5.41) is 3.90. The highest BCUT2D eigenvalue weighted by Crippen LogP contribution is 2.28. The van der Waals surface area contributed by atoms with Crippen molar-refractivity contribution in [3.8, 4) is 0 Å². The van der Waals surface area contributed by atoms with Crippen molar-refractivity contribution in [1.82, 2.24) is 9.97 Å². The molecule has 4 nitrogen and oxygen atoms in total. The number of benzene rings is 1. The predicted molar refractivity (Wildman–Crippen MR) is 79.7 cm³/mol. The summed E-state index contributed by atoms with van der Waals surface area (Å²) in [6.45, 7) is 1.84. The Hall–Kier alpha value is -1.75. The molecule has 98 valence electrons. The van der Waals surface area contributed by atoms with E-state index in [1.807, 2.05) is 19.4 Å². The second-order valence-corrected chi connectivity index (χ2v) is 5.25. The van der Waals surface area contributed by atoms with Crippen molar-refractivity contribution < 1.29 is 0 Å². The maximum atomic E-state index is 4.60. The Morgan fingerprint density at radius 2 is 1.84 bits per heavy atom. The Morgan fingerprint density at radius 3 is 2.42 bits per heavy atom. The first-order chi connectivity index (χ1) is 9.30. The van der Waals surface area contributed by atoms with Gasteiger partial charge in [0.05, 0.1) is 0 Å². The van der Waals surface area contributed by atoms with Gasteiger partial charge in [-0.05, 0) is 17.4 Å². The fourth-order valence-corrected chi connectivity index (χ4v) is 2.66. The molecule has 0 saturated heterocycles. The van der Waals surface area contributed by atoms with Crippen LogP contribution in [0, 0.1) is 0 Å². The summed E-state index contributed by atoms with van der Waals surface area (Å²) in [6, 6.07) is 10.6. The van der Waals surface area contributed by atoms with Gasteiger partial charge in [0.2, 0.25) is 0 Å². The van der Waals surface area contributed by atoms with Crippen LogP contribution in [0.3, 0.4) is 0 Å². The number of thioether (sulfide) groups is 1. The van der Waals surface area contributed by atoms with Crippen molar-refractivity contribution in [1.29, 1.82) is 0 Å². The molecule has 0 saturated carbocycles. The molecular weight excluding hydrogens is 256 g/mol. The van der Waals surface area contributed by atoms with Crippen LogP contribution < -0.4 is 10.2 Å². The van der Waals surface area contributed by atoms with Gasteiger partial charge in [0.15, 0.2) is 5.16 Å². The van der Waals surface area contributed by atoms with E-state index < -0.39 is 0 Å². The van der Waals surface area contributed by atoms with Crippen molar-refractivity contribution in [3.05, 3.63) is 41.5 Å². The molecule has 0 spiro atoms. The minimum atomic E-state index is 0.804. The molecule has 3 rings (SSSR count). The summed E-state index contributed by atoms with van der Waals surface area (Å²) in [7, 11) is 1.88. The number of aromatic nitrogens is 2. The molecule has 1 aromatic heterocycles. The molecule has 5 heteroatoms. The van der Waals surface area contributed by atoms with Gasteiger partial charge >= 0.3 is 0 Å². The van der Waals surface area contributed by atoms with Crippen LogP contribution in [0.2, 0.25) is 0 Å². The van der Waals surface area contributed by atoms with Gasteiger partial charge in [-0.15, -0.1) is 0 Å². The third-order valence-electron chi connectivity index (χ3n) is 3.30. The first kappa shape index (κ1) is 12.3. The maximum Gasteiger partial charge on any atom is 0.191 e. The molecule has 0 radical (unpaired) electrons. The zero-order chi connectivity index (χ0) is 13.2. The minimum Gasteiger partial charge on any atom is -0.373 e. The molecule has 0 bridgehead atoms. The Bertz CT molecular complexity index is 552. The molecule has 0 aliphatic carbocycles. The number of nitrogens with one attached hydrogen (secondary N) is 1. The van der Waals surface area contributed by atoms with E-state index >= 15 is 0 Å². The first-order valence-electron chi connectivity index (χ1n) is 6.22. The van der Waals surface area contributed by atoms with Crippen LogP contribution in [0.25, 0.3) is 0 Å². The zero-order valence-corrected chi connectivity index (χ0v) is 11.9. The van der Waals surface area contributed by atoms with E-state index in [0.717, 1.165) is 29.9 Å². The number of fused-ring (bicyclic) bond motifs is 1. The fourth-order valence-electron chi connectivity index (χ4n) is 2.29. The number of hydrogen-bond donors (Lipinski definition) is 1. The highest BCUT2D eigenvalue weighted by Gasteiger charge is 2.20. The van der Waals surface area contributed by atoms with Crippen LogP contribution in [0.1, 0.15) is 11.1 Å². The Labute approximate surface area is 117 Å². The standard InChI is InChI=1S/C14H16N4S/c1-15-12-7-13(17-14(16-12)19-2)18-8-10-5-3-4-6-11(10)9-18/h3-7H,8-9H2,1-2H3,(H,15,16,17). The Balaban J connectivity index is 1.92. The largest absolute Gasteiger partial charge is 0.373 e. The molecule has 1 aromatic carbocycles. The summed E-state index contributed by atoms with van der Waals surface area (Å²) in [5.41, 5.74) is 2.77. The lowest BCUT2D eigenvalue weighted by Crippen LogP contribution is -2.17. The Kier molecular flexibility index (Phi) is 3.29. The van der Waals surface area contributed by atoms with E-state index in [9.17, 15) is 0 Å². The van der Waals surface area contributed by atoms with Gasteiger partial charge in [-0.25, -0.2) is 9.97 Å². The molecule has 2 aromatic rings. The summed E-state index contributed by atoms with van der Waals surface area (Å²) in [5.74, 6) is 1.85. The smallest absolute Gasteiger partial charge is 0.191 e. The molecule has 0 unspecified atom stereocenters. The van der Waals surface area contributed by atoms with E-state index in [-0.39, 0.29) is 0 Å². The van der Waals surface area contributed by atoms with Gasteiger partial charge in [0.1, 0.15) is 11.6 Å². The third-order valence-corrected chi connectivity index (χ3v) is 3.84. The molecular formula is C14H16N4S. The molecule has 0 atom stereocenters. The monoisotopic (exact) mass is 272 g/mol. The van der Waals surface area contributed by atoms with Crippen molar-refractivity contribution in [3.63, 3.8) is 0 Å². The van der Waals surface area contributed by atoms with Gasteiger partial charge in [0, 0.05) is 26.2 Å². The average Bonchev–Trinajstić information content (AvgIpc) is 2.90. The number of rotatable bonds is 3. The normalized spacial score (nSPS) is 13.5. The van der Waals surface area contributed by atoms with Crippen LogP contribution >= 0.6 is 11.8 Å². The summed E-state index contributed by atoms with van der Waals surface area (Å²) in [4.78, 5) is 11.3. The average molecular weight is 272 g/mol. The summed E-state index contributed by atoms with van der Waals surface area (Å²) < 4.78 is 0. The lowest BCUT2D eigenvalue weighted by atomic mass is 10.1. The maximum absolute atomic E-state index is 4.60. The van der Waals surface area contributed by atoms with E-state index in [1.165, 1.54) is 11.1 Å². The SMILES string of the molecule is CNc1cc(N2Cc3ccccc3C2)nc(SC)n1. The van der Waals surface area contributed by atoms with Crippen molar-refractivity contribution in [2.75, 3.05) is 23.5 Å². The van der Waals surface area contributed by atoms with Gasteiger partial charge in [-0.3, -0.25) is 0 Å². The van der Waals surface area contributed by atoms with Gasteiger partial charge < -0.3 is 10.2 Å². The highest BCUT2D eigenvalue weighted by atomic mass is 32.2. The Morgan fingerprint density at radius 1 is 1.16 bits per heavy atom. The summed E-state index contributed by atoms with van der Waals surface area (Å²) >= 11 is 1.57. The van der Waals surface area contributed by atoms with Gasteiger partial charge in [-0.2, -0.15) is 0 Å². The van der Waals surface area contributed by atoms with Gasteiger partial charge in [-0.1, -0.05) is 36.0 Å². The molecule has 1 aliphatic rings. The van der Waals surface area contributed by atoms with Crippen LogP contribution in [-0.2, 0) is 13.1 Å². The molecule has 19 heavy (non-hydrogen) atoms. The molecule has 0 amide bonds. The summed E-state index contributed by atoms with van der Waals surface area (Å²) in [6.07, 6.45) is 2.00. The highest BCUT2D eigenvalue weighted by molar-refractivity contribution is 7.98. The quantitative estimate of drug-likeness (QED) is 0.687. The van der Waals surface area contributed by atoms with E-state index in [2.05, 4.69) is 44.5 Å². The van der Waals surface area contributed by atoms with Crippen molar-refractivity contribution in [2.24, 2.45) is 0 Å². The lowest BCUT2D eigenvalue weighted by Gasteiger charge is -2.17. The number of nitrogens with zero attached hydrogens (tertiary/aromatic N) is 3. The van der Waals surface area contributed by atoms with Crippen LogP contribution in [-0.4, -0.2) is 23.3 Å². The van der Waals surface area contributed by atoms with Crippen LogP contribution in [0.15, 0.2) is 35.5 Å². The zero-order valence-electron chi connectivity index (χ0n) is 11.1.